The summed E-state index contributed by atoms with van der Waals surface area (Å²) in [4.78, 5) is 14.7. The van der Waals surface area contributed by atoms with Crippen LogP contribution in [0.3, 0.4) is 0 Å². The third-order valence-corrected chi connectivity index (χ3v) is 8.15. The van der Waals surface area contributed by atoms with E-state index in [1.165, 1.54) is 29.2 Å². The van der Waals surface area contributed by atoms with Crippen molar-refractivity contribution in [2.24, 2.45) is 5.92 Å². The number of carbonyl (C=O) groups is 1. The highest BCUT2D eigenvalue weighted by Gasteiger charge is 2.36. The second-order valence-corrected chi connectivity index (χ2v) is 11.0. The fourth-order valence-corrected chi connectivity index (χ4v) is 5.96. The van der Waals surface area contributed by atoms with Gasteiger partial charge in [0, 0.05) is 26.4 Å². The number of alkyl halides is 3. The van der Waals surface area contributed by atoms with Crippen LogP contribution < -0.4 is 4.31 Å². The van der Waals surface area contributed by atoms with Crippen LogP contribution in [0.5, 0.6) is 0 Å². The van der Waals surface area contributed by atoms with Crippen LogP contribution in [-0.4, -0.2) is 49.1 Å². The quantitative estimate of drug-likeness (QED) is 0.417. The number of piperidine rings is 1. The highest BCUT2D eigenvalue weighted by Crippen LogP contribution is 2.37. The van der Waals surface area contributed by atoms with Gasteiger partial charge in [-0.15, -0.1) is 10.2 Å². The Balaban J connectivity index is 1.64. The van der Waals surface area contributed by atoms with Crippen LogP contribution in [0.2, 0.25) is 5.02 Å². The van der Waals surface area contributed by atoms with Gasteiger partial charge in [-0.1, -0.05) is 29.8 Å². The maximum atomic E-state index is 13.6. The molecule has 0 bridgehead atoms. The zero-order valence-corrected chi connectivity index (χ0v) is 21.4. The zero-order valence-electron chi connectivity index (χ0n) is 19.8. The molecular formula is C24H24ClF3N4O4S. The van der Waals surface area contributed by atoms with Crippen molar-refractivity contribution in [2.45, 2.75) is 37.3 Å². The normalized spacial score (nSPS) is 16.6. The van der Waals surface area contributed by atoms with E-state index >= 15 is 0 Å². The Hall–Kier alpha value is -3.12. The van der Waals surface area contributed by atoms with Crippen molar-refractivity contribution >= 4 is 33.2 Å². The first-order valence-electron chi connectivity index (χ1n) is 11.5. The topological polar surface area (TPSA) is 96.6 Å². The minimum atomic E-state index is -4.74. The van der Waals surface area contributed by atoms with Crippen LogP contribution in [0.1, 0.15) is 30.2 Å². The predicted octanol–water partition coefficient (Wildman–Crippen LogP) is 4.73. The average molecular weight is 557 g/mol. The first kappa shape index (κ1) is 26.9. The van der Waals surface area contributed by atoms with E-state index in [4.69, 9.17) is 16.0 Å². The molecule has 13 heteroatoms. The minimum Gasteiger partial charge on any atom is -0.426 e. The highest BCUT2D eigenvalue weighted by molar-refractivity contribution is 7.92. The molecule has 0 saturated carbocycles. The lowest BCUT2D eigenvalue weighted by molar-refractivity contribution is -0.137. The molecule has 1 aromatic heterocycles. The molecule has 0 radical (unpaired) electrons. The van der Waals surface area contributed by atoms with E-state index in [9.17, 15) is 26.4 Å². The van der Waals surface area contributed by atoms with E-state index in [-0.39, 0.29) is 15.8 Å². The fraction of sp³-hybridized carbons (Fsp3) is 0.375. The number of carbonyl (C=O) groups excluding carboxylic acids is 1. The number of rotatable bonds is 7. The summed E-state index contributed by atoms with van der Waals surface area (Å²) in [7, 11) is -4.43. The van der Waals surface area contributed by atoms with Crippen molar-refractivity contribution in [2.75, 3.05) is 23.9 Å². The van der Waals surface area contributed by atoms with Crippen molar-refractivity contribution in [3.8, 4) is 0 Å². The molecule has 2 aromatic carbocycles. The van der Waals surface area contributed by atoms with Crippen LogP contribution in [0.15, 0.2) is 57.8 Å². The SMILES string of the molecule is Cc1nnc(CC2CCCN(C(=O)CN(c3cc(C(F)(F)F)ccc3Cl)S(=O)(=O)c3ccccc3)C2)o1. The van der Waals surface area contributed by atoms with Crippen LogP contribution in [0.25, 0.3) is 0 Å². The second-order valence-electron chi connectivity index (χ2n) is 8.76. The number of anilines is 1. The van der Waals surface area contributed by atoms with E-state index in [1.54, 1.807) is 13.0 Å². The van der Waals surface area contributed by atoms with Gasteiger partial charge >= 0.3 is 6.18 Å². The van der Waals surface area contributed by atoms with Gasteiger partial charge < -0.3 is 9.32 Å². The molecule has 1 amide bonds. The van der Waals surface area contributed by atoms with Crippen molar-refractivity contribution in [3.63, 3.8) is 0 Å². The van der Waals surface area contributed by atoms with Gasteiger partial charge in [-0.2, -0.15) is 13.2 Å². The summed E-state index contributed by atoms with van der Waals surface area (Å²) in [5.41, 5.74) is -1.51. The Morgan fingerprint density at radius 2 is 1.92 bits per heavy atom. The van der Waals surface area contributed by atoms with Gasteiger partial charge in [0.25, 0.3) is 10.0 Å². The number of likely N-dealkylation sites (tertiary alicyclic amines) is 1. The standard InChI is InChI=1S/C24H24ClF3N4O4S/c1-16-29-30-22(36-16)12-17-6-5-11-31(14-17)23(33)15-32(37(34,35)19-7-3-2-4-8-19)21-13-18(24(26,27)28)9-10-20(21)25/h2-4,7-10,13,17H,5-6,11-12,14-15H2,1H3. The third-order valence-electron chi connectivity index (χ3n) is 6.06. The summed E-state index contributed by atoms with van der Waals surface area (Å²) >= 11 is 6.20. The molecule has 1 fully saturated rings. The number of aromatic nitrogens is 2. The molecule has 0 spiro atoms. The molecule has 0 N–H and O–H groups in total. The molecule has 3 aromatic rings. The summed E-state index contributed by atoms with van der Waals surface area (Å²) in [5, 5.41) is 7.56. The van der Waals surface area contributed by atoms with Crippen LogP contribution in [0.4, 0.5) is 18.9 Å². The van der Waals surface area contributed by atoms with Gasteiger partial charge in [-0.3, -0.25) is 9.10 Å². The summed E-state index contributed by atoms with van der Waals surface area (Å²) < 4.78 is 73.6. The lowest BCUT2D eigenvalue weighted by atomic mass is 9.94. The number of benzene rings is 2. The molecule has 8 nitrogen and oxygen atoms in total. The fourth-order valence-electron chi connectivity index (χ4n) is 4.25. The molecular weight excluding hydrogens is 533 g/mol. The monoisotopic (exact) mass is 556 g/mol. The number of hydrogen-bond donors (Lipinski definition) is 0. The Morgan fingerprint density at radius 3 is 2.57 bits per heavy atom. The van der Waals surface area contributed by atoms with Crippen molar-refractivity contribution in [1.82, 2.24) is 15.1 Å². The van der Waals surface area contributed by atoms with Gasteiger partial charge in [0.2, 0.25) is 17.7 Å². The maximum Gasteiger partial charge on any atom is 0.416 e. The summed E-state index contributed by atoms with van der Waals surface area (Å²) in [6.45, 7) is 1.65. The predicted molar refractivity (Wildman–Crippen MR) is 129 cm³/mol. The molecule has 1 saturated heterocycles. The molecule has 1 aliphatic rings. The van der Waals surface area contributed by atoms with E-state index in [2.05, 4.69) is 10.2 Å². The molecule has 2 heterocycles. The van der Waals surface area contributed by atoms with E-state index < -0.39 is 39.9 Å². The van der Waals surface area contributed by atoms with Crippen LogP contribution in [0, 0.1) is 12.8 Å². The summed E-state index contributed by atoms with van der Waals surface area (Å²) in [5.74, 6) is 0.326. The third kappa shape index (κ3) is 6.24. The lowest BCUT2D eigenvalue weighted by Gasteiger charge is -2.34. The Labute approximate surface area is 217 Å². The van der Waals surface area contributed by atoms with Gasteiger partial charge in [0.05, 0.1) is 21.2 Å². The zero-order chi connectivity index (χ0) is 26.8. The first-order chi connectivity index (χ1) is 17.4. The van der Waals surface area contributed by atoms with Gasteiger partial charge in [0.1, 0.15) is 6.54 Å². The number of halogens is 4. The van der Waals surface area contributed by atoms with Crippen LogP contribution >= 0.6 is 11.6 Å². The molecule has 37 heavy (non-hydrogen) atoms. The Bertz CT molecular complexity index is 1370. The highest BCUT2D eigenvalue weighted by atomic mass is 35.5. The smallest absolute Gasteiger partial charge is 0.416 e. The molecule has 1 unspecified atom stereocenters. The second kappa shape index (κ2) is 10.7. The largest absolute Gasteiger partial charge is 0.426 e. The maximum absolute atomic E-state index is 13.6. The Morgan fingerprint density at radius 1 is 1.19 bits per heavy atom. The number of aryl methyl sites for hydroxylation is 1. The van der Waals surface area contributed by atoms with Crippen LogP contribution in [-0.2, 0) is 27.4 Å². The number of hydrogen-bond acceptors (Lipinski definition) is 6. The Kier molecular flexibility index (Phi) is 7.79. The van der Waals surface area contributed by atoms with Crippen molar-refractivity contribution in [1.29, 1.82) is 0 Å². The van der Waals surface area contributed by atoms with E-state index in [0.29, 0.717) is 48.1 Å². The van der Waals surface area contributed by atoms with Gasteiger partial charge in [-0.05, 0) is 49.1 Å². The van der Waals surface area contributed by atoms with E-state index in [0.717, 1.165) is 18.6 Å². The molecule has 1 aliphatic heterocycles. The molecule has 198 valence electrons. The van der Waals surface area contributed by atoms with Crippen molar-refractivity contribution in [3.05, 3.63) is 70.9 Å². The van der Waals surface area contributed by atoms with Gasteiger partial charge in [0.15, 0.2) is 0 Å². The average Bonchev–Trinajstić information content (AvgIpc) is 3.27. The first-order valence-corrected chi connectivity index (χ1v) is 13.3. The minimum absolute atomic E-state index is 0.00822. The number of nitrogens with zero attached hydrogens (tertiary/aromatic N) is 4. The van der Waals surface area contributed by atoms with Gasteiger partial charge in [-0.25, -0.2) is 8.42 Å². The molecule has 4 rings (SSSR count). The lowest BCUT2D eigenvalue weighted by Crippen LogP contribution is -2.47. The number of sulfonamides is 1. The molecule has 0 aliphatic carbocycles. The summed E-state index contributed by atoms with van der Waals surface area (Å²) in [6.07, 6.45) is -2.81. The summed E-state index contributed by atoms with van der Waals surface area (Å²) in [6, 6.07) is 9.55. The van der Waals surface area contributed by atoms with E-state index in [1.807, 2.05) is 0 Å². The number of amides is 1. The van der Waals surface area contributed by atoms with Crippen molar-refractivity contribution < 1.29 is 30.8 Å². The molecule has 1 atom stereocenters.